The van der Waals surface area contributed by atoms with E-state index in [1.807, 2.05) is 25.1 Å². The van der Waals surface area contributed by atoms with Gasteiger partial charge in [0.25, 0.3) is 5.91 Å². The maximum Gasteiger partial charge on any atom is 0.274 e. The van der Waals surface area contributed by atoms with Crippen molar-refractivity contribution in [3.8, 4) is 11.5 Å². The maximum absolute atomic E-state index is 12.5. The first-order valence-corrected chi connectivity index (χ1v) is 9.17. The molecule has 1 aromatic heterocycles. The van der Waals surface area contributed by atoms with E-state index < -0.39 is 0 Å². The van der Waals surface area contributed by atoms with E-state index in [4.69, 9.17) is 14.2 Å². The number of ether oxygens (including phenoxy) is 3. The fourth-order valence-corrected chi connectivity index (χ4v) is 3.15. The first-order valence-electron chi connectivity index (χ1n) is 9.17. The molecule has 0 spiro atoms. The van der Waals surface area contributed by atoms with Crippen LogP contribution in [-0.2, 0) is 22.6 Å². The summed E-state index contributed by atoms with van der Waals surface area (Å²) in [5.41, 5.74) is 2.02. The van der Waals surface area contributed by atoms with E-state index in [0.717, 1.165) is 11.3 Å². The third-order valence-electron chi connectivity index (χ3n) is 4.72. The standard InChI is InChI=1S/C19H22N4O5/c1-13-8-15(19(25)22-4-6-26-7-5-22)21-23(13)11-18(24)20-10-14-2-3-16-17(9-14)28-12-27-16/h2-3,8-9H,4-7,10-12H2,1H3,(H,20,24). The van der Waals surface area contributed by atoms with Gasteiger partial charge in [-0.25, -0.2) is 0 Å². The van der Waals surface area contributed by atoms with Gasteiger partial charge in [-0.15, -0.1) is 0 Å². The molecule has 9 nitrogen and oxygen atoms in total. The van der Waals surface area contributed by atoms with Crippen LogP contribution in [0.3, 0.4) is 0 Å². The van der Waals surface area contributed by atoms with E-state index in [2.05, 4.69) is 10.4 Å². The Labute approximate surface area is 162 Å². The Balaban J connectivity index is 1.34. The highest BCUT2D eigenvalue weighted by Gasteiger charge is 2.22. The SMILES string of the molecule is Cc1cc(C(=O)N2CCOCC2)nn1CC(=O)NCc1ccc2c(c1)OCO2. The summed E-state index contributed by atoms with van der Waals surface area (Å²) in [6.07, 6.45) is 0. The Bertz CT molecular complexity index is 888. The van der Waals surface area contributed by atoms with Gasteiger partial charge in [0, 0.05) is 25.3 Å². The number of rotatable bonds is 5. The number of hydrogen-bond donors (Lipinski definition) is 1. The van der Waals surface area contributed by atoms with Crippen molar-refractivity contribution in [1.29, 1.82) is 0 Å². The molecule has 2 aliphatic heterocycles. The number of morpholine rings is 1. The van der Waals surface area contributed by atoms with E-state index in [1.54, 1.807) is 15.6 Å². The molecule has 4 rings (SSSR count). The van der Waals surface area contributed by atoms with Gasteiger partial charge in [0.2, 0.25) is 12.7 Å². The number of aromatic nitrogens is 2. The molecule has 0 atom stereocenters. The normalized spacial score (nSPS) is 15.5. The quantitative estimate of drug-likeness (QED) is 0.813. The van der Waals surface area contributed by atoms with Crippen molar-refractivity contribution in [3.63, 3.8) is 0 Å². The summed E-state index contributed by atoms with van der Waals surface area (Å²) in [4.78, 5) is 26.6. The molecule has 2 aliphatic rings. The lowest BCUT2D eigenvalue weighted by molar-refractivity contribution is -0.122. The number of carbonyl (C=O) groups is 2. The Morgan fingerprint density at radius 1 is 1.14 bits per heavy atom. The molecular weight excluding hydrogens is 364 g/mol. The second-order valence-corrected chi connectivity index (χ2v) is 6.70. The number of fused-ring (bicyclic) bond motifs is 1. The van der Waals surface area contributed by atoms with E-state index in [-0.39, 0.29) is 25.2 Å². The van der Waals surface area contributed by atoms with E-state index in [0.29, 0.717) is 50.0 Å². The third kappa shape index (κ3) is 3.94. The minimum atomic E-state index is -0.186. The van der Waals surface area contributed by atoms with Gasteiger partial charge in [0.1, 0.15) is 6.54 Å². The average Bonchev–Trinajstić information content (AvgIpc) is 3.33. The van der Waals surface area contributed by atoms with Crippen LogP contribution < -0.4 is 14.8 Å². The zero-order chi connectivity index (χ0) is 19.5. The van der Waals surface area contributed by atoms with Gasteiger partial charge < -0.3 is 24.4 Å². The van der Waals surface area contributed by atoms with Crippen LogP contribution in [0.2, 0.25) is 0 Å². The molecule has 28 heavy (non-hydrogen) atoms. The third-order valence-corrected chi connectivity index (χ3v) is 4.72. The first-order chi connectivity index (χ1) is 13.6. The van der Waals surface area contributed by atoms with Crippen LogP contribution in [0.15, 0.2) is 24.3 Å². The van der Waals surface area contributed by atoms with Crippen LogP contribution in [-0.4, -0.2) is 59.6 Å². The topological polar surface area (TPSA) is 94.9 Å². The molecule has 0 aliphatic carbocycles. The fraction of sp³-hybridized carbons (Fsp3) is 0.421. The molecule has 0 radical (unpaired) electrons. The van der Waals surface area contributed by atoms with Crippen LogP contribution in [0, 0.1) is 6.92 Å². The molecular formula is C19H22N4O5. The summed E-state index contributed by atoms with van der Waals surface area (Å²) in [7, 11) is 0. The fourth-order valence-electron chi connectivity index (χ4n) is 3.15. The van der Waals surface area contributed by atoms with Gasteiger partial charge in [-0.3, -0.25) is 14.3 Å². The molecule has 9 heteroatoms. The lowest BCUT2D eigenvalue weighted by Crippen LogP contribution is -2.40. The van der Waals surface area contributed by atoms with E-state index >= 15 is 0 Å². The largest absolute Gasteiger partial charge is 0.454 e. The second kappa shape index (κ2) is 7.89. The summed E-state index contributed by atoms with van der Waals surface area (Å²) in [5, 5.41) is 7.17. The second-order valence-electron chi connectivity index (χ2n) is 6.70. The molecule has 0 unspecified atom stereocenters. The van der Waals surface area contributed by atoms with Crippen molar-refractivity contribution in [3.05, 3.63) is 41.2 Å². The lowest BCUT2D eigenvalue weighted by atomic mass is 10.2. The molecule has 1 saturated heterocycles. The van der Waals surface area contributed by atoms with Gasteiger partial charge in [0.05, 0.1) is 13.2 Å². The molecule has 2 aromatic rings. The number of nitrogens with zero attached hydrogens (tertiary/aromatic N) is 3. The predicted octanol–water partition coefficient (Wildman–Crippen LogP) is 0.709. The summed E-state index contributed by atoms with van der Waals surface area (Å²) in [6, 6.07) is 7.26. The van der Waals surface area contributed by atoms with E-state index in [9.17, 15) is 9.59 Å². The van der Waals surface area contributed by atoms with Crippen LogP contribution in [0.5, 0.6) is 11.5 Å². The number of aryl methyl sites for hydroxylation is 1. The number of hydrogen-bond acceptors (Lipinski definition) is 6. The van der Waals surface area contributed by atoms with Crippen LogP contribution in [0.25, 0.3) is 0 Å². The van der Waals surface area contributed by atoms with Gasteiger partial charge in [-0.05, 0) is 30.7 Å². The number of benzene rings is 1. The van der Waals surface area contributed by atoms with Gasteiger partial charge in [0.15, 0.2) is 17.2 Å². The van der Waals surface area contributed by atoms with Crippen molar-refractivity contribution < 1.29 is 23.8 Å². The molecule has 0 saturated carbocycles. The van der Waals surface area contributed by atoms with Crippen LogP contribution >= 0.6 is 0 Å². The summed E-state index contributed by atoms with van der Waals surface area (Å²) in [6.45, 7) is 4.65. The van der Waals surface area contributed by atoms with Crippen LogP contribution in [0.1, 0.15) is 21.7 Å². The molecule has 2 amide bonds. The van der Waals surface area contributed by atoms with Gasteiger partial charge >= 0.3 is 0 Å². The molecule has 3 heterocycles. The molecule has 148 valence electrons. The Hall–Kier alpha value is -3.07. The first kappa shape index (κ1) is 18.3. The van der Waals surface area contributed by atoms with Crippen molar-refractivity contribution in [1.82, 2.24) is 20.0 Å². The average molecular weight is 386 g/mol. The zero-order valence-corrected chi connectivity index (χ0v) is 15.6. The minimum absolute atomic E-state index is 0.0484. The lowest BCUT2D eigenvalue weighted by Gasteiger charge is -2.25. The highest BCUT2D eigenvalue weighted by Crippen LogP contribution is 2.32. The minimum Gasteiger partial charge on any atom is -0.454 e. The smallest absolute Gasteiger partial charge is 0.274 e. The summed E-state index contributed by atoms with van der Waals surface area (Å²) >= 11 is 0. The summed E-state index contributed by atoms with van der Waals surface area (Å²) < 4.78 is 17.4. The highest BCUT2D eigenvalue weighted by atomic mass is 16.7. The number of nitrogens with one attached hydrogen (secondary N) is 1. The van der Waals surface area contributed by atoms with Gasteiger partial charge in [-0.1, -0.05) is 6.07 Å². The Morgan fingerprint density at radius 2 is 1.93 bits per heavy atom. The van der Waals surface area contributed by atoms with Crippen molar-refractivity contribution in [2.45, 2.75) is 20.0 Å². The molecule has 1 fully saturated rings. The molecule has 1 N–H and O–H groups in total. The van der Waals surface area contributed by atoms with Crippen molar-refractivity contribution in [2.24, 2.45) is 0 Å². The van der Waals surface area contributed by atoms with E-state index in [1.165, 1.54) is 0 Å². The highest BCUT2D eigenvalue weighted by molar-refractivity contribution is 5.92. The predicted molar refractivity (Wildman–Crippen MR) is 98.1 cm³/mol. The van der Waals surface area contributed by atoms with Crippen LogP contribution in [0.4, 0.5) is 0 Å². The molecule has 1 aromatic carbocycles. The Kier molecular flexibility index (Phi) is 5.16. The maximum atomic E-state index is 12.5. The Morgan fingerprint density at radius 3 is 2.75 bits per heavy atom. The monoisotopic (exact) mass is 386 g/mol. The van der Waals surface area contributed by atoms with Gasteiger partial charge in [-0.2, -0.15) is 5.10 Å². The number of amides is 2. The van der Waals surface area contributed by atoms with Crippen molar-refractivity contribution >= 4 is 11.8 Å². The zero-order valence-electron chi connectivity index (χ0n) is 15.6. The van der Waals surface area contributed by atoms with Crippen molar-refractivity contribution in [2.75, 3.05) is 33.1 Å². The molecule has 0 bridgehead atoms. The number of carbonyl (C=O) groups excluding carboxylic acids is 2. The summed E-state index contributed by atoms with van der Waals surface area (Å²) in [5.74, 6) is 1.07.